The molecule has 2 saturated carbocycles. The molecule has 0 aliphatic heterocycles. The number of rotatable bonds is 8. The number of fused-ring (bicyclic) bond motifs is 3. The first-order valence-electron chi connectivity index (χ1n) is 13.5. The molecule has 0 bridgehead atoms. The number of unbranched alkanes of at least 4 members (excludes halogenated alkanes) is 2. The molecule has 0 aromatic heterocycles. The summed E-state index contributed by atoms with van der Waals surface area (Å²) in [5.74, 6) is -13.1. The Bertz CT molecular complexity index is 1260. The standard InChI is InChI=1S/C29H36N2O8/c1-5-6-7-9-14(32)12-16-18-13(2)15-10-8-11-17(33)19(15)24(34)20(18)26(36)29(39)22(16)23(31(3)4)25(35)21(27(29)37)28(30)38/h8,10-11,13,16,18,20-23,33,39H,5-7,9,12H2,1-4H3,(H2,30,38)/t13-,16-,18-,20?,21?,22-,23?,29-/m0/s1. The van der Waals surface area contributed by atoms with Crippen LogP contribution in [0.25, 0.3) is 0 Å². The van der Waals surface area contributed by atoms with Crippen LogP contribution in [0.1, 0.15) is 67.8 Å². The van der Waals surface area contributed by atoms with Gasteiger partial charge in [-0.25, -0.2) is 0 Å². The monoisotopic (exact) mass is 540 g/mol. The van der Waals surface area contributed by atoms with Crippen LogP contribution in [0.2, 0.25) is 0 Å². The first-order chi connectivity index (χ1) is 18.3. The molecule has 1 amide bonds. The van der Waals surface area contributed by atoms with E-state index in [9.17, 15) is 39.0 Å². The van der Waals surface area contributed by atoms with Crippen LogP contribution < -0.4 is 5.73 Å². The number of phenols is 1. The summed E-state index contributed by atoms with van der Waals surface area (Å²) in [5.41, 5.74) is 2.94. The van der Waals surface area contributed by atoms with Gasteiger partial charge in [-0.2, -0.15) is 0 Å². The molecule has 3 unspecified atom stereocenters. The maximum absolute atomic E-state index is 14.1. The van der Waals surface area contributed by atoms with Gasteiger partial charge in [-0.1, -0.05) is 38.8 Å². The second-order valence-corrected chi connectivity index (χ2v) is 11.5. The number of aromatic hydroxyl groups is 1. The van der Waals surface area contributed by atoms with Gasteiger partial charge in [-0.05, 0) is 49.9 Å². The number of ketones is 5. The van der Waals surface area contributed by atoms with E-state index in [0.29, 0.717) is 12.0 Å². The first kappa shape index (κ1) is 28.8. The Morgan fingerprint density at radius 2 is 1.74 bits per heavy atom. The lowest BCUT2D eigenvalue weighted by molar-refractivity contribution is -0.190. The molecular formula is C29H36N2O8. The molecular weight excluding hydrogens is 504 g/mol. The van der Waals surface area contributed by atoms with Crippen molar-refractivity contribution in [1.82, 2.24) is 4.90 Å². The number of nitrogens with two attached hydrogens (primary N) is 1. The minimum absolute atomic E-state index is 0.0652. The van der Waals surface area contributed by atoms with Crippen LogP contribution in [0, 0.1) is 29.6 Å². The Morgan fingerprint density at radius 1 is 1.08 bits per heavy atom. The predicted molar refractivity (Wildman–Crippen MR) is 139 cm³/mol. The fraction of sp³-hybridized carbons (Fsp3) is 0.586. The van der Waals surface area contributed by atoms with Crippen molar-refractivity contribution in [3.63, 3.8) is 0 Å². The van der Waals surface area contributed by atoms with Gasteiger partial charge in [-0.15, -0.1) is 0 Å². The Hall–Kier alpha value is -3.24. The van der Waals surface area contributed by atoms with Gasteiger partial charge in [0, 0.05) is 18.8 Å². The molecule has 0 heterocycles. The zero-order valence-electron chi connectivity index (χ0n) is 22.7. The summed E-state index contributed by atoms with van der Waals surface area (Å²) in [6.45, 7) is 3.78. The van der Waals surface area contributed by atoms with Gasteiger partial charge in [0.25, 0.3) is 0 Å². The average Bonchev–Trinajstić information content (AvgIpc) is 2.85. The van der Waals surface area contributed by atoms with Crippen LogP contribution in [-0.2, 0) is 24.0 Å². The highest BCUT2D eigenvalue weighted by Gasteiger charge is 2.72. The summed E-state index contributed by atoms with van der Waals surface area (Å²) in [5, 5.41) is 22.6. The predicted octanol–water partition coefficient (Wildman–Crippen LogP) is 1.19. The number of nitrogens with zero attached hydrogens (tertiary/aromatic N) is 1. The highest BCUT2D eigenvalue weighted by molar-refractivity contribution is 6.32. The van der Waals surface area contributed by atoms with Crippen LogP contribution >= 0.6 is 0 Å². The van der Waals surface area contributed by atoms with E-state index in [2.05, 4.69) is 0 Å². The van der Waals surface area contributed by atoms with Crippen LogP contribution in [0.3, 0.4) is 0 Å². The van der Waals surface area contributed by atoms with E-state index in [1.807, 2.05) is 6.92 Å². The first-order valence-corrected chi connectivity index (χ1v) is 13.5. The topological polar surface area (TPSA) is 172 Å². The van der Waals surface area contributed by atoms with E-state index in [-0.39, 0.29) is 29.9 Å². The van der Waals surface area contributed by atoms with Crippen molar-refractivity contribution in [2.45, 2.75) is 63.5 Å². The molecule has 2 fully saturated rings. The maximum Gasteiger partial charge on any atom is 0.235 e. The summed E-state index contributed by atoms with van der Waals surface area (Å²) < 4.78 is 0. The molecule has 10 nitrogen and oxygen atoms in total. The normalized spacial score (nSPS) is 33.9. The number of Topliss-reactive ketones (excluding diaryl/α,β-unsaturated/α-hetero) is 5. The Balaban J connectivity index is 1.95. The van der Waals surface area contributed by atoms with Crippen LogP contribution in [-0.4, -0.2) is 75.7 Å². The lowest BCUT2D eigenvalue weighted by Gasteiger charge is -2.57. The molecule has 10 heteroatoms. The molecule has 210 valence electrons. The Labute approximate surface area is 226 Å². The minimum Gasteiger partial charge on any atom is -0.507 e. The average molecular weight is 541 g/mol. The van der Waals surface area contributed by atoms with E-state index < -0.39 is 76.2 Å². The molecule has 3 aliphatic rings. The number of hydrogen-bond acceptors (Lipinski definition) is 9. The van der Waals surface area contributed by atoms with Gasteiger partial charge in [0.05, 0.1) is 17.5 Å². The maximum atomic E-state index is 14.1. The molecule has 0 saturated heterocycles. The molecule has 0 spiro atoms. The number of carbonyl (C=O) groups excluding carboxylic acids is 6. The Morgan fingerprint density at radius 3 is 2.33 bits per heavy atom. The smallest absolute Gasteiger partial charge is 0.235 e. The van der Waals surface area contributed by atoms with Crippen LogP contribution in [0.4, 0.5) is 0 Å². The molecule has 8 atom stereocenters. The van der Waals surface area contributed by atoms with E-state index in [0.717, 1.165) is 12.8 Å². The van der Waals surface area contributed by atoms with Crippen molar-refractivity contribution in [2.24, 2.45) is 35.3 Å². The van der Waals surface area contributed by atoms with E-state index >= 15 is 0 Å². The molecule has 3 aliphatic carbocycles. The fourth-order valence-electron chi connectivity index (χ4n) is 7.38. The second-order valence-electron chi connectivity index (χ2n) is 11.5. The lowest BCUT2D eigenvalue weighted by Crippen LogP contribution is -2.76. The second kappa shape index (κ2) is 10.4. The minimum atomic E-state index is -2.89. The quantitative estimate of drug-likeness (QED) is 0.323. The number of benzene rings is 1. The SMILES string of the molecule is CCCCCC(=O)C[C@H]1[C@H]2C(C(=O)c3c(O)cccc3[C@@H]2C)C(=O)[C@]2(O)C(=O)C(C(N)=O)C(=O)C(N(C)C)[C@H]12. The molecule has 1 aromatic rings. The molecule has 39 heavy (non-hydrogen) atoms. The summed E-state index contributed by atoms with van der Waals surface area (Å²) >= 11 is 0. The lowest BCUT2D eigenvalue weighted by atomic mass is 9.46. The van der Waals surface area contributed by atoms with Gasteiger partial charge in [-0.3, -0.25) is 33.7 Å². The van der Waals surface area contributed by atoms with Gasteiger partial charge in [0.1, 0.15) is 11.5 Å². The van der Waals surface area contributed by atoms with Crippen molar-refractivity contribution in [1.29, 1.82) is 0 Å². The fourth-order valence-corrected chi connectivity index (χ4v) is 7.38. The zero-order valence-corrected chi connectivity index (χ0v) is 22.7. The number of carbonyl (C=O) groups is 6. The number of primary amides is 1. The van der Waals surface area contributed by atoms with E-state index in [1.54, 1.807) is 19.1 Å². The third kappa shape index (κ3) is 4.24. The summed E-state index contributed by atoms with van der Waals surface area (Å²) in [4.78, 5) is 82.2. The number of phenolic OH excluding ortho intramolecular Hbond substituents is 1. The highest BCUT2D eigenvalue weighted by atomic mass is 16.3. The molecule has 0 radical (unpaired) electrons. The van der Waals surface area contributed by atoms with Gasteiger partial charge >= 0.3 is 0 Å². The Kier molecular flexibility index (Phi) is 7.66. The van der Waals surface area contributed by atoms with Crippen molar-refractivity contribution in [3.05, 3.63) is 29.3 Å². The summed E-state index contributed by atoms with van der Waals surface area (Å²) in [6.07, 6.45) is 2.42. The van der Waals surface area contributed by atoms with Crippen molar-refractivity contribution in [2.75, 3.05) is 14.1 Å². The molecule has 1 aromatic carbocycles. The highest BCUT2D eigenvalue weighted by Crippen LogP contribution is 2.57. The number of amides is 1. The van der Waals surface area contributed by atoms with E-state index in [1.165, 1.54) is 25.1 Å². The van der Waals surface area contributed by atoms with Crippen LogP contribution in [0.5, 0.6) is 5.75 Å². The number of hydrogen-bond donors (Lipinski definition) is 3. The third-order valence-electron chi connectivity index (χ3n) is 9.07. The summed E-state index contributed by atoms with van der Waals surface area (Å²) in [6, 6.07) is 3.29. The van der Waals surface area contributed by atoms with E-state index in [4.69, 9.17) is 5.73 Å². The largest absolute Gasteiger partial charge is 0.507 e. The van der Waals surface area contributed by atoms with Crippen molar-refractivity contribution < 1.29 is 39.0 Å². The molecule has 4 N–H and O–H groups in total. The number of likely N-dealkylation sites (N-methyl/N-ethyl adjacent to an activating group) is 1. The van der Waals surface area contributed by atoms with Crippen LogP contribution in [0.15, 0.2) is 18.2 Å². The summed E-state index contributed by atoms with van der Waals surface area (Å²) in [7, 11) is 3.05. The zero-order chi connectivity index (χ0) is 29.0. The number of aliphatic hydroxyl groups is 1. The van der Waals surface area contributed by atoms with Crippen molar-refractivity contribution in [3.8, 4) is 5.75 Å². The van der Waals surface area contributed by atoms with Gasteiger partial charge in [0.15, 0.2) is 34.7 Å². The van der Waals surface area contributed by atoms with Gasteiger partial charge < -0.3 is 15.9 Å². The molecule has 4 rings (SSSR count). The third-order valence-corrected chi connectivity index (χ3v) is 9.07. The van der Waals surface area contributed by atoms with Gasteiger partial charge in [0.2, 0.25) is 5.91 Å². The van der Waals surface area contributed by atoms with Crippen molar-refractivity contribution >= 4 is 34.8 Å².